The Kier molecular flexibility index (Phi) is 3.99. The highest BCUT2D eigenvalue weighted by atomic mass is 19.1. The van der Waals surface area contributed by atoms with E-state index in [-0.39, 0.29) is 22.3 Å². The van der Waals surface area contributed by atoms with Crippen LogP contribution in [0.4, 0.5) is 17.6 Å². The highest BCUT2D eigenvalue weighted by Gasteiger charge is 2.19. The summed E-state index contributed by atoms with van der Waals surface area (Å²) >= 11 is 0. The van der Waals surface area contributed by atoms with E-state index < -0.39 is 34.4 Å². The summed E-state index contributed by atoms with van der Waals surface area (Å²) in [6, 6.07) is 8.92. The molecule has 27 heavy (non-hydrogen) atoms. The molecule has 0 amide bonds. The summed E-state index contributed by atoms with van der Waals surface area (Å²) in [5.74, 6) is -3.33. The first-order valence-corrected chi connectivity index (χ1v) is 7.87. The van der Waals surface area contributed by atoms with E-state index in [1.54, 1.807) is 0 Å². The van der Waals surface area contributed by atoms with Crippen molar-refractivity contribution in [3.05, 3.63) is 88.4 Å². The molecular weight excluding hydrogens is 360 g/mol. The van der Waals surface area contributed by atoms with Gasteiger partial charge in [0.1, 0.15) is 29.0 Å². The monoisotopic (exact) mass is 370 g/mol. The van der Waals surface area contributed by atoms with E-state index in [1.807, 2.05) is 0 Å². The van der Waals surface area contributed by atoms with Crippen molar-refractivity contribution in [2.45, 2.75) is 0 Å². The zero-order valence-corrected chi connectivity index (χ0v) is 13.6. The van der Waals surface area contributed by atoms with E-state index in [0.29, 0.717) is 11.5 Å². The fourth-order valence-corrected chi connectivity index (χ4v) is 3.03. The molecule has 2 aromatic heterocycles. The lowest BCUT2D eigenvalue weighted by atomic mass is 9.99. The fourth-order valence-electron chi connectivity index (χ4n) is 3.03. The van der Waals surface area contributed by atoms with Crippen molar-refractivity contribution in [2.24, 2.45) is 0 Å². The quantitative estimate of drug-likeness (QED) is 0.515. The van der Waals surface area contributed by atoms with Crippen LogP contribution in [0.1, 0.15) is 0 Å². The first-order chi connectivity index (χ1) is 13.0. The smallest absolute Gasteiger partial charge is 0.249 e. The van der Waals surface area contributed by atoms with Crippen LogP contribution in [0, 0.1) is 23.3 Å². The number of nitrogens with one attached hydrogen (secondary N) is 1. The van der Waals surface area contributed by atoms with Gasteiger partial charge in [-0.15, -0.1) is 0 Å². The molecule has 1 N–H and O–H groups in total. The molecule has 4 rings (SSSR count). The van der Waals surface area contributed by atoms with E-state index in [1.165, 1.54) is 24.4 Å². The Balaban J connectivity index is 2.09. The van der Waals surface area contributed by atoms with Crippen molar-refractivity contribution < 1.29 is 17.6 Å². The van der Waals surface area contributed by atoms with Crippen molar-refractivity contribution in [1.29, 1.82) is 0 Å². The summed E-state index contributed by atoms with van der Waals surface area (Å²) in [4.78, 5) is 18.7. The second kappa shape index (κ2) is 6.35. The van der Waals surface area contributed by atoms with Gasteiger partial charge in [0.25, 0.3) is 0 Å². The minimum atomic E-state index is -0.864. The second-order valence-electron chi connectivity index (χ2n) is 5.85. The molecule has 3 nitrogen and oxygen atoms in total. The molecule has 7 heteroatoms. The molecule has 0 radical (unpaired) electrons. The molecule has 0 bridgehead atoms. The van der Waals surface area contributed by atoms with E-state index in [9.17, 15) is 22.4 Å². The number of pyridine rings is 2. The summed E-state index contributed by atoms with van der Waals surface area (Å²) in [6.45, 7) is 0. The largest absolute Gasteiger partial charge is 0.320 e. The maximum Gasteiger partial charge on any atom is 0.249 e. The molecule has 0 aliphatic rings. The summed E-state index contributed by atoms with van der Waals surface area (Å²) in [7, 11) is 0. The van der Waals surface area contributed by atoms with Crippen molar-refractivity contribution >= 4 is 10.9 Å². The van der Waals surface area contributed by atoms with Gasteiger partial charge < -0.3 is 4.98 Å². The molecular formula is C20H10F4N2O. The molecule has 0 spiro atoms. The Morgan fingerprint density at radius 2 is 1.56 bits per heavy atom. The van der Waals surface area contributed by atoms with Crippen LogP contribution in [0.5, 0.6) is 0 Å². The molecule has 0 aliphatic carbocycles. The third kappa shape index (κ3) is 2.87. The molecule has 0 saturated heterocycles. The Bertz CT molecular complexity index is 1230. The third-order valence-corrected chi connectivity index (χ3v) is 4.19. The normalized spacial score (nSPS) is 11.1. The summed E-state index contributed by atoms with van der Waals surface area (Å²) in [5, 5.41) is 0.313. The molecule has 0 unspecified atom stereocenters. The minimum absolute atomic E-state index is 0.0151. The highest BCUT2D eigenvalue weighted by molar-refractivity contribution is 6.00. The third-order valence-electron chi connectivity index (χ3n) is 4.19. The maximum atomic E-state index is 14.3. The predicted octanol–water partition coefficient (Wildman–Crippen LogP) is 4.81. The number of H-pyrrole nitrogens is 1. The van der Waals surface area contributed by atoms with Gasteiger partial charge >= 0.3 is 0 Å². The van der Waals surface area contributed by atoms with E-state index in [2.05, 4.69) is 9.97 Å². The molecule has 0 aliphatic heterocycles. The average molecular weight is 370 g/mol. The van der Waals surface area contributed by atoms with Crippen LogP contribution in [0.15, 0.2) is 59.5 Å². The zero-order chi connectivity index (χ0) is 19.1. The second-order valence-corrected chi connectivity index (χ2v) is 5.85. The topological polar surface area (TPSA) is 45.8 Å². The lowest BCUT2D eigenvalue weighted by Gasteiger charge is -2.11. The Morgan fingerprint density at radius 1 is 0.815 bits per heavy atom. The fraction of sp³-hybridized carbons (Fsp3) is 0. The van der Waals surface area contributed by atoms with Crippen LogP contribution in [-0.4, -0.2) is 9.97 Å². The summed E-state index contributed by atoms with van der Waals surface area (Å²) in [5.41, 5.74) is -0.953. The lowest BCUT2D eigenvalue weighted by Crippen LogP contribution is -2.07. The first kappa shape index (κ1) is 17.0. The summed E-state index contributed by atoms with van der Waals surface area (Å²) < 4.78 is 55.9. The Labute approximate surface area is 149 Å². The zero-order valence-electron chi connectivity index (χ0n) is 13.6. The number of rotatable bonds is 2. The van der Waals surface area contributed by atoms with Crippen LogP contribution in [0.25, 0.3) is 33.3 Å². The maximum absolute atomic E-state index is 14.3. The van der Waals surface area contributed by atoms with Gasteiger partial charge in [-0.05, 0) is 35.9 Å². The van der Waals surface area contributed by atoms with Crippen molar-refractivity contribution in [2.75, 3.05) is 0 Å². The van der Waals surface area contributed by atoms with Gasteiger partial charge in [0.2, 0.25) is 5.56 Å². The standard InChI is InChI=1S/C20H10F4N2O/c21-10-4-5-11(16(24)8-10)13-9-17(27)26-19-12(13)6-7-25-20(19)18-14(22)2-1-3-15(18)23/h1-9H,(H,26,27). The number of aromatic amines is 1. The summed E-state index contributed by atoms with van der Waals surface area (Å²) in [6.07, 6.45) is 1.30. The van der Waals surface area contributed by atoms with Gasteiger partial charge in [0, 0.05) is 29.3 Å². The van der Waals surface area contributed by atoms with Crippen LogP contribution >= 0.6 is 0 Å². The van der Waals surface area contributed by atoms with Crippen LogP contribution in [-0.2, 0) is 0 Å². The van der Waals surface area contributed by atoms with Gasteiger partial charge in [-0.2, -0.15) is 0 Å². The van der Waals surface area contributed by atoms with Crippen molar-refractivity contribution in [3.63, 3.8) is 0 Å². The minimum Gasteiger partial charge on any atom is -0.320 e. The van der Waals surface area contributed by atoms with Gasteiger partial charge in [-0.25, -0.2) is 17.6 Å². The van der Waals surface area contributed by atoms with Gasteiger partial charge in [-0.3, -0.25) is 9.78 Å². The van der Waals surface area contributed by atoms with E-state index in [4.69, 9.17) is 0 Å². The number of halogens is 4. The van der Waals surface area contributed by atoms with E-state index >= 15 is 0 Å². The molecule has 0 saturated carbocycles. The molecule has 0 fully saturated rings. The Hall–Kier alpha value is -3.48. The number of hydrogen-bond acceptors (Lipinski definition) is 2. The highest BCUT2D eigenvalue weighted by Crippen LogP contribution is 2.34. The SMILES string of the molecule is O=c1cc(-c2ccc(F)cc2F)c2ccnc(-c3c(F)cccc3F)c2[nH]1. The molecule has 134 valence electrons. The average Bonchev–Trinajstić information content (AvgIpc) is 2.61. The van der Waals surface area contributed by atoms with Crippen LogP contribution in [0.3, 0.4) is 0 Å². The van der Waals surface area contributed by atoms with Crippen LogP contribution < -0.4 is 5.56 Å². The Morgan fingerprint density at radius 3 is 2.26 bits per heavy atom. The molecule has 2 heterocycles. The number of nitrogens with zero attached hydrogens (tertiary/aromatic N) is 1. The molecule has 2 aromatic carbocycles. The van der Waals surface area contributed by atoms with Gasteiger partial charge in [-0.1, -0.05) is 6.07 Å². The van der Waals surface area contributed by atoms with E-state index in [0.717, 1.165) is 24.3 Å². The number of fused-ring (bicyclic) bond motifs is 1. The number of hydrogen-bond donors (Lipinski definition) is 1. The molecule has 0 atom stereocenters. The first-order valence-electron chi connectivity index (χ1n) is 7.87. The molecule has 4 aromatic rings. The predicted molar refractivity (Wildman–Crippen MR) is 93.1 cm³/mol. The van der Waals surface area contributed by atoms with Crippen molar-refractivity contribution in [3.8, 4) is 22.4 Å². The lowest BCUT2D eigenvalue weighted by molar-refractivity contribution is 0.585. The van der Waals surface area contributed by atoms with Crippen molar-refractivity contribution in [1.82, 2.24) is 9.97 Å². The number of aromatic nitrogens is 2. The van der Waals surface area contributed by atoms with Crippen LogP contribution in [0.2, 0.25) is 0 Å². The van der Waals surface area contributed by atoms with Gasteiger partial charge in [0.05, 0.1) is 11.1 Å². The number of benzene rings is 2. The van der Waals surface area contributed by atoms with Gasteiger partial charge in [0.15, 0.2) is 0 Å².